The van der Waals surface area contributed by atoms with E-state index in [1.54, 1.807) is 0 Å². The van der Waals surface area contributed by atoms with E-state index in [2.05, 4.69) is 174 Å². The average Bonchev–Trinajstić information content (AvgIpc) is 3.70. The first-order valence-electron chi connectivity index (χ1n) is 18.1. The molecule has 0 spiro atoms. The standard InChI is InChI=1S/C45H45N4OSi/c1-29(2)36-17-13-18-37(30(3)4)45(36)32-24-25-46-44(26-32)47-40-19-9-8-16-38(40)39-23-22-35(28-43(39)47)51(7)34-15-12-14-33(27-34)49-42-21-11-10-20-41(42)48(50-49)31(5)6/h8-31H,1-7H3. The van der Waals surface area contributed by atoms with E-state index in [1.165, 1.54) is 54.4 Å². The number of rotatable bonds is 8. The molecule has 0 aliphatic carbocycles. The molecular formula is C45H45N4OSi. The topological polar surface area (TPSA) is 33.5 Å². The van der Waals surface area contributed by atoms with Gasteiger partial charge in [0.1, 0.15) is 14.6 Å². The molecule has 51 heavy (non-hydrogen) atoms. The van der Waals surface area contributed by atoms with E-state index in [9.17, 15) is 0 Å². The van der Waals surface area contributed by atoms with Crippen molar-refractivity contribution in [2.24, 2.45) is 0 Å². The van der Waals surface area contributed by atoms with Gasteiger partial charge in [-0.05, 0) is 96.5 Å². The van der Waals surface area contributed by atoms with Crippen molar-refractivity contribution < 1.29 is 4.94 Å². The molecule has 6 heteroatoms. The molecule has 0 bridgehead atoms. The van der Waals surface area contributed by atoms with Gasteiger partial charge in [0.05, 0.1) is 34.1 Å². The molecule has 255 valence electrons. The van der Waals surface area contributed by atoms with Crippen LogP contribution in [0.4, 0.5) is 17.1 Å². The number of fused-ring (bicyclic) bond motifs is 4. The van der Waals surface area contributed by atoms with Crippen LogP contribution in [0.25, 0.3) is 38.8 Å². The van der Waals surface area contributed by atoms with Gasteiger partial charge in [0.15, 0.2) is 0 Å². The highest BCUT2D eigenvalue weighted by Crippen LogP contribution is 2.42. The van der Waals surface area contributed by atoms with Crippen LogP contribution in [-0.4, -0.2) is 24.4 Å². The number of anilines is 3. The molecule has 0 unspecified atom stereocenters. The van der Waals surface area contributed by atoms with Crippen molar-refractivity contribution in [1.82, 2.24) is 9.55 Å². The van der Waals surface area contributed by atoms with Crippen molar-refractivity contribution in [3.63, 3.8) is 0 Å². The summed E-state index contributed by atoms with van der Waals surface area (Å²) < 4.78 is 2.37. The van der Waals surface area contributed by atoms with E-state index >= 15 is 0 Å². The van der Waals surface area contributed by atoms with Crippen molar-refractivity contribution in [1.29, 1.82) is 0 Å². The quantitative estimate of drug-likeness (QED) is 0.149. The molecule has 1 aliphatic rings. The summed E-state index contributed by atoms with van der Waals surface area (Å²) in [5.41, 5.74) is 10.8. The van der Waals surface area contributed by atoms with Gasteiger partial charge in [0, 0.05) is 17.0 Å². The van der Waals surface area contributed by atoms with Gasteiger partial charge in [0.2, 0.25) is 0 Å². The fourth-order valence-electron chi connectivity index (χ4n) is 7.62. The first-order chi connectivity index (χ1) is 24.7. The normalized spacial score (nSPS) is 13.2. The summed E-state index contributed by atoms with van der Waals surface area (Å²) in [7, 11) is -1.14. The Balaban J connectivity index is 1.23. The summed E-state index contributed by atoms with van der Waals surface area (Å²) in [6.07, 6.45) is 1.98. The van der Waals surface area contributed by atoms with E-state index in [0.717, 1.165) is 22.9 Å². The fourth-order valence-corrected chi connectivity index (χ4v) is 9.35. The monoisotopic (exact) mass is 685 g/mol. The number of para-hydroxylation sites is 3. The second-order valence-electron chi connectivity index (χ2n) is 14.6. The van der Waals surface area contributed by atoms with Crippen LogP contribution >= 0.6 is 0 Å². The number of pyridine rings is 1. The van der Waals surface area contributed by atoms with Crippen LogP contribution in [0.2, 0.25) is 6.55 Å². The maximum Gasteiger partial charge on any atom is 0.138 e. The lowest BCUT2D eigenvalue weighted by Gasteiger charge is -2.23. The van der Waals surface area contributed by atoms with Gasteiger partial charge < -0.3 is 0 Å². The lowest BCUT2D eigenvalue weighted by atomic mass is 9.85. The van der Waals surface area contributed by atoms with Crippen molar-refractivity contribution in [2.75, 3.05) is 10.1 Å². The SMILES string of the molecule is CC(C)c1cccc(C(C)C)c1-c1ccnc(-n2c3ccccc3c3ccc([Si](C)c4cccc(N5ON(C(C)C)c6ccccc65)c4)cc32)c1. The Morgan fingerprint density at radius 1 is 0.608 bits per heavy atom. The number of hydrogen-bond donors (Lipinski definition) is 0. The molecule has 3 heterocycles. The Morgan fingerprint density at radius 2 is 1.27 bits per heavy atom. The fraction of sp³-hybridized carbons (Fsp3) is 0.222. The number of aromatic nitrogens is 2. The van der Waals surface area contributed by atoms with Crippen LogP contribution < -0.4 is 20.5 Å². The van der Waals surface area contributed by atoms with Crippen molar-refractivity contribution >= 4 is 58.0 Å². The number of hydrogen-bond acceptors (Lipinski definition) is 4. The van der Waals surface area contributed by atoms with Crippen molar-refractivity contribution in [2.45, 2.75) is 66.0 Å². The Morgan fingerprint density at radius 3 is 2.02 bits per heavy atom. The number of benzene rings is 5. The van der Waals surface area contributed by atoms with Gasteiger partial charge >= 0.3 is 0 Å². The highest BCUT2D eigenvalue weighted by molar-refractivity contribution is 6.84. The third kappa shape index (κ3) is 5.73. The van der Waals surface area contributed by atoms with Gasteiger partial charge in [-0.3, -0.25) is 4.57 Å². The average molecular weight is 686 g/mol. The molecule has 5 aromatic carbocycles. The Hall–Kier alpha value is -5.17. The summed E-state index contributed by atoms with van der Waals surface area (Å²) in [5.74, 6) is 1.77. The van der Waals surface area contributed by atoms with Gasteiger partial charge in [-0.2, -0.15) is 5.06 Å². The van der Waals surface area contributed by atoms with Crippen molar-refractivity contribution in [3.05, 3.63) is 139 Å². The Kier molecular flexibility index (Phi) is 8.53. The molecule has 0 saturated heterocycles. The molecule has 8 rings (SSSR count). The Bertz CT molecular complexity index is 2370. The highest BCUT2D eigenvalue weighted by Gasteiger charge is 2.31. The van der Waals surface area contributed by atoms with Gasteiger partial charge in [-0.25, -0.2) is 10.0 Å². The molecular weight excluding hydrogens is 641 g/mol. The molecule has 1 radical (unpaired) electrons. The molecule has 0 amide bonds. The lowest BCUT2D eigenvalue weighted by molar-refractivity contribution is 0.113. The summed E-state index contributed by atoms with van der Waals surface area (Å²) in [6.45, 7) is 15.9. The first kappa shape index (κ1) is 33.0. The Labute approximate surface area is 303 Å². The van der Waals surface area contributed by atoms with Crippen LogP contribution in [-0.2, 0) is 4.94 Å². The smallest absolute Gasteiger partial charge is 0.138 e. The van der Waals surface area contributed by atoms with Crippen molar-refractivity contribution in [3.8, 4) is 16.9 Å². The van der Waals surface area contributed by atoms with E-state index < -0.39 is 8.80 Å². The third-order valence-corrected chi connectivity index (χ3v) is 12.6. The molecule has 1 aliphatic heterocycles. The highest BCUT2D eigenvalue weighted by atomic mass is 28.3. The molecule has 7 aromatic rings. The molecule has 5 nitrogen and oxygen atoms in total. The van der Waals surface area contributed by atoms with E-state index in [4.69, 9.17) is 9.92 Å². The lowest BCUT2D eigenvalue weighted by Crippen LogP contribution is -2.39. The summed E-state index contributed by atoms with van der Waals surface area (Å²) in [5, 5.41) is 9.12. The predicted octanol–water partition coefficient (Wildman–Crippen LogP) is 10.5. The molecule has 0 N–H and O–H groups in total. The van der Waals surface area contributed by atoms with Gasteiger partial charge in [-0.15, -0.1) is 4.94 Å². The molecule has 0 fully saturated rings. The minimum atomic E-state index is -1.14. The molecule has 2 aromatic heterocycles. The van der Waals surface area contributed by atoms with E-state index in [-0.39, 0.29) is 6.04 Å². The minimum absolute atomic E-state index is 0.209. The van der Waals surface area contributed by atoms with E-state index in [1.807, 2.05) is 16.3 Å². The zero-order chi connectivity index (χ0) is 35.4. The summed E-state index contributed by atoms with van der Waals surface area (Å²) in [6, 6.07) is 44.5. The van der Waals surface area contributed by atoms with Crippen LogP contribution in [0, 0.1) is 0 Å². The second-order valence-corrected chi connectivity index (χ2v) is 17.0. The van der Waals surface area contributed by atoms with Crippen LogP contribution in [0.5, 0.6) is 0 Å². The van der Waals surface area contributed by atoms with Crippen LogP contribution in [0.3, 0.4) is 0 Å². The maximum atomic E-state index is 6.43. The van der Waals surface area contributed by atoms with Crippen LogP contribution in [0.15, 0.2) is 128 Å². The molecule has 0 atom stereocenters. The third-order valence-electron chi connectivity index (χ3n) is 10.2. The maximum absolute atomic E-state index is 6.43. The zero-order valence-corrected chi connectivity index (χ0v) is 31.6. The largest absolute Gasteiger partial charge is 0.294 e. The van der Waals surface area contributed by atoms with Gasteiger partial charge in [-0.1, -0.05) is 117 Å². The summed E-state index contributed by atoms with van der Waals surface area (Å²) in [4.78, 5) is 11.5. The van der Waals surface area contributed by atoms with Crippen LogP contribution in [0.1, 0.15) is 64.5 Å². The number of nitrogens with zero attached hydrogens (tertiary/aromatic N) is 4. The zero-order valence-electron chi connectivity index (χ0n) is 30.6. The minimum Gasteiger partial charge on any atom is -0.294 e. The summed E-state index contributed by atoms with van der Waals surface area (Å²) >= 11 is 0. The van der Waals surface area contributed by atoms with Gasteiger partial charge in [0.25, 0.3) is 0 Å². The first-order valence-corrected chi connectivity index (χ1v) is 20.1. The molecule has 0 saturated carbocycles. The second kappa shape index (κ2) is 13.2. The van der Waals surface area contributed by atoms with E-state index in [0.29, 0.717) is 11.8 Å². The predicted molar refractivity (Wildman–Crippen MR) is 217 cm³/mol. The number of hydroxylamine groups is 1.